The molecule has 0 spiro atoms. The Labute approximate surface area is 120 Å². The van der Waals surface area contributed by atoms with Crippen LogP contribution in [0.1, 0.15) is 42.6 Å². The van der Waals surface area contributed by atoms with Crippen molar-refractivity contribution in [1.29, 1.82) is 0 Å². The molecule has 1 aliphatic carbocycles. The smallest absolute Gasteiger partial charge is 0.319 e. The van der Waals surface area contributed by atoms with Crippen molar-refractivity contribution in [2.75, 3.05) is 6.54 Å². The molecule has 0 bridgehead atoms. The lowest BCUT2D eigenvalue weighted by molar-refractivity contribution is -0.385. The molecule has 2 atom stereocenters. The highest BCUT2D eigenvalue weighted by Gasteiger charge is 2.42. The van der Waals surface area contributed by atoms with Crippen molar-refractivity contribution < 1.29 is 14.5 Å². The fraction of sp³-hybridized carbons (Fsp3) is 0.615. The SMILES string of the molecule is O=C1CCN(C(=O)c2[nH]ncc2[N+](=O)[O-])[C@H]2CCCC[C@@H]12. The summed E-state index contributed by atoms with van der Waals surface area (Å²) < 4.78 is 0. The molecule has 3 rings (SSSR count). The first-order valence-corrected chi connectivity index (χ1v) is 7.11. The van der Waals surface area contributed by atoms with Crippen molar-refractivity contribution in [2.45, 2.75) is 38.1 Å². The van der Waals surface area contributed by atoms with Gasteiger partial charge in [-0.25, -0.2) is 0 Å². The van der Waals surface area contributed by atoms with Gasteiger partial charge in [0.2, 0.25) is 5.69 Å². The number of carbonyl (C=O) groups is 2. The van der Waals surface area contributed by atoms with Gasteiger partial charge in [0.25, 0.3) is 5.91 Å². The first-order chi connectivity index (χ1) is 10.1. The normalized spacial score (nSPS) is 25.5. The van der Waals surface area contributed by atoms with Gasteiger partial charge < -0.3 is 4.90 Å². The van der Waals surface area contributed by atoms with Crippen LogP contribution in [0, 0.1) is 16.0 Å². The van der Waals surface area contributed by atoms with Crippen LogP contribution in [-0.4, -0.2) is 44.3 Å². The van der Waals surface area contributed by atoms with E-state index in [1.807, 2.05) is 0 Å². The maximum atomic E-state index is 12.6. The Hall–Kier alpha value is -2.25. The molecular weight excluding hydrogens is 276 g/mol. The highest BCUT2D eigenvalue weighted by atomic mass is 16.6. The molecular formula is C13H16N4O4. The molecule has 21 heavy (non-hydrogen) atoms. The summed E-state index contributed by atoms with van der Waals surface area (Å²) in [4.78, 5) is 36.5. The minimum Gasteiger partial charge on any atom is -0.333 e. The number of fused-ring (bicyclic) bond motifs is 1. The summed E-state index contributed by atoms with van der Waals surface area (Å²) in [6.07, 6.45) is 4.93. The summed E-state index contributed by atoms with van der Waals surface area (Å²) >= 11 is 0. The van der Waals surface area contributed by atoms with Gasteiger partial charge in [-0.2, -0.15) is 5.10 Å². The molecule has 2 heterocycles. The van der Waals surface area contributed by atoms with Gasteiger partial charge in [0, 0.05) is 24.9 Å². The minimum atomic E-state index is -0.621. The average Bonchev–Trinajstić information content (AvgIpc) is 2.97. The Kier molecular flexibility index (Phi) is 3.44. The Balaban J connectivity index is 1.88. The van der Waals surface area contributed by atoms with Crippen molar-refractivity contribution >= 4 is 17.4 Å². The van der Waals surface area contributed by atoms with Crippen LogP contribution in [0.15, 0.2) is 6.20 Å². The predicted octanol–water partition coefficient (Wildman–Crippen LogP) is 1.29. The van der Waals surface area contributed by atoms with E-state index in [9.17, 15) is 19.7 Å². The number of hydrogen-bond donors (Lipinski definition) is 1. The molecule has 0 unspecified atom stereocenters. The van der Waals surface area contributed by atoms with Crippen LogP contribution in [0.3, 0.4) is 0 Å². The van der Waals surface area contributed by atoms with Crippen LogP contribution >= 0.6 is 0 Å². The highest BCUT2D eigenvalue weighted by Crippen LogP contribution is 2.34. The number of nitrogens with zero attached hydrogens (tertiary/aromatic N) is 3. The fourth-order valence-corrected chi connectivity index (χ4v) is 3.41. The monoisotopic (exact) mass is 292 g/mol. The highest BCUT2D eigenvalue weighted by molar-refractivity contribution is 5.97. The maximum Gasteiger partial charge on any atom is 0.319 e. The number of amides is 1. The van der Waals surface area contributed by atoms with Crippen molar-refractivity contribution in [3.8, 4) is 0 Å². The summed E-state index contributed by atoms with van der Waals surface area (Å²) in [6, 6.07) is -0.129. The number of likely N-dealkylation sites (tertiary alicyclic amines) is 1. The molecule has 1 saturated carbocycles. The van der Waals surface area contributed by atoms with Crippen molar-refractivity contribution in [1.82, 2.24) is 15.1 Å². The molecule has 8 heteroatoms. The molecule has 1 aromatic heterocycles. The third kappa shape index (κ3) is 2.30. The number of ketones is 1. The summed E-state index contributed by atoms with van der Waals surface area (Å²) in [5.41, 5.74) is -0.414. The molecule has 112 valence electrons. The second-order valence-electron chi connectivity index (χ2n) is 5.56. The number of aromatic nitrogens is 2. The lowest BCUT2D eigenvalue weighted by atomic mass is 9.77. The number of nitro groups is 1. The third-order valence-corrected chi connectivity index (χ3v) is 4.43. The summed E-state index contributed by atoms with van der Waals surface area (Å²) in [7, 11) is 0. The quantitative estimate of drug-likeness (QED) is 0.652. The zero-order valence-corrected chi connectivity index (χ0v) is 11.4. The maximum absolute atomic E-state index is 12.6. The van der Waals surface area contributed by atoms with Gasteiger partial charge in [-0.3, -0.25) is 24.8 Å². The largest absolute Gasteiger partial charge is 0.333 e. The van der Waals surface area contributed by atoms with E-state index in [2.05, 4.69) is 10.2 Å². The predicted molar refractivity (Wildman–Crippen MR) is 71.6 cm³/mol. The number of aromatic amines is 1. The number of Topliss-reactive ketones (excluding diaryl/α,β-unsaturated/α-hetero) is 1. The van der Waals surface area contributed by atoms with E-state index >= 15 is 0 Å². The van der Waals surface area contributed by atoms with Crippen LogP contribution in [0.25, 0.3) is 0 Å². The number of H-pyrrole nitrogens is 1. The van der Waals surface area contributed by atoms with Crippen molar-refractivity contribution in [3.05, 3.63) is 22.0 Å². The summed E-state index contributed by atoms with van der Waals surface area (Å²) in [5, 5.41) is 16.9. The Morgan fingerprint density at radius 1 is 1.43 bits per heavy atom. The van der Waals surface area contributed by atoms with Gasteiger partial charge in [-0.1, -0.05) is 12.8 Å². The van der Waals surface area contributed by atoms with E-state index < -0.39 is 10.8 Å². The topological polar surface area (TPSA) is 109 Å². The number of nitrogens with one attached hydrogen (secondary N) is 1. The first-order valence-electron chi connectivity index (χ1n) is 7.11. The lowest BCUT2D eigenvalue weighted by Gasteiger charge is -2.42. The van der Waals surface area contributed by atoms with E-state index in [1.165, 1.54) is 0 Å². The van der Waals surface area contributed by atoms with E-state index in [0.29, 0.717) is 13.0 Å². The summed E-state index contributed by atoms with van der Waals surface area (Å²) in [5.74, 6) is -0.329. The van der Waals surface area contributed by atoms with Crippen LogP contribution in [-0.2, 0) is 4.79 Å². The van der Waals surface area contributed by atoms with Gasteiger partial charge in [-0.05, 0) is 12.8 Å². The number of piperidine rings is 1. The van der Waals surface area contributed by atoms with Crippen molar-refractivity contribution in [2.24, 2.45) is 5.92 Å². The second kappa shape index (κ2) is 5.27. The van der Waals surface area contributed by atoms with Crippen LogP contribution in [0.5, 0.6) is 0 Å². The molecule has 2 fully saturated rings. The standard InChI is InChI=1S/C13H16N4O4/c18-11-5-6-16(9-4-2-1-3-8(9)11)13(19)12-10(17(20)21)7-14-15-12/h7-9H,1-6H2,(H,14,15)/t8-,9+/m1/s1. The number of hydrogen-bond acceptors (Lipinski definition) is 5. The van der Waals surface area contributed by atoms with Gasteiger partial charge in [0.1, 0.15) is 12.0 Å². The molecule has 2 aliphatic rings. The molecule has 1 saturated heterocycles. The van der Waals surface area contributed by atoms with Crippen LogP contribution in [0.4, 0.5) is 5.69 Å². The van der Waals surface area contributed by atoms with Crippen LogP contribution in [0.2, 0.25) is 0 Å². The summed E-state index contributed by atoms with van der Waals surface area (Å²) in [6.45, 7) is 0.328. The average molecular weight is 292 g/mol. The third-order valence-electron chi connectivity index (χ3n) is 4.43. The zero-order chi connectivity index (χ0) is 15.0. The van der Waals surface area contributed by atoms with E-state index in [0.717, 1.165) is 31.9 Å². The first kappa shape index (κ1) is 13.7. The molecule has 8 nitrogen and oxygen atoms in total. The van der Waals surface area contributed by atoms with Gasteiger partial charge in [0.15, 0.2) is 0 Å². The fourth-order valence-electron chi connectivity index (χ4n) is 3.41. The van der Waals surface area contributed by atoms with E-state index in [-0.39, 0.29) is 29.1 Å². The van der Waals surface area contributed by atoms with E-state index in [4.69, 9.17) is 0 Å². The zero-order valence-electron chi connectivity index (χ0n) is 11.4. The van der Waals surface area contributed by atoms with E-state index in [1.54, 1.807) is 4.90 Å². The molecule has 1 N–H and O–H groups in total. The molecule has 1 amide bonds. The molecule has 1 aromatic rings. The van der Waals surface area contributed by atoms with Crippen LogP contribution < -0.4 is 0 Å². The molecule has 1 aliphatic heterocycles. The van der Waals surface area contributed by atoms with Gasteiger partial charge in [-0.15, -0.1) is 0 Å². The molecule has 0 radical (unpaired) electrons. The number of rotatable bonds is 2. The minimum absolute atomic E-state index is 0.0985. The van der Waals surface area contributed by atoms with Gasteiger partial charge in [0.05, 0.1) is 4.92 Å². The second-order valence-corrected chi connectivity index (χ2v) is 5.56. The Morgan fingerprint density at radius 2 is 2.19 bits per heavy atom. The lowest BCUT2D eigenvalue weighted by Crippen LogP contribution is -2.53. The molecule has 0 aromatic carbocycles. The Bertz CT molecular complexity index is 597. The Morgan fingerprint density at radius 3 is 2.95 bits per heavy atom. The number of carbonyl (C=O) groups excluding carboxylic acids is 2. The van der Waals surface area contributed by atoms with Crippen molar-refractivity contribution in [3.63, 3.8) is 0 Å². The van der Waals surface area contributed by atoms with Gasteiger partial charge >= 0.3 is 5.69 Å².